The monoisotopic (exact) mass is 652 g/mol. The number of allylic oxidation sites excluding steroid dienone is 1. The van der Waals surface area contributed by atoms with E-state index in [0.29, 0.717) is 35.4 Å². The molecule has 0 bridgehead atoms. The Morgan fingerprint density at radius 1 is 0.978 bits per heavy atom. The van der Waals surface area contributed by atoms with Crippen molar-refractivity contribution in [1.82, 2.24) is 9.80 Å². The van der Waals surface area contributed by atoms with Gasteiger partial charge in [0.25, 0.3) is 5.69 Å². The summed E-state index contributed by atoms with van der Waals surface area (Å²) in [7, 11) is 0. The summed E-state index contributed by atoms with van der Waals surface area (Å²) in [4.78, 5) is 46.3. The highest BCUT2D eigenvalue weighted by atomic mass is 35.5. The number of ether oxygens (including phenoxy) is 2. The first-order chi connectivity index (χ1) is 21.5. The molecule has 4 rings (SSSR count). The standard InChI is InChI=1S/C33H34Cl2N4O6/c1-21(2)45-32(40)30-22(3)36-23(4)38(31(30)26-12-8-9-13-29(26)39(42)43)33(41)44-17-16-37(19-24-10-6-5-7-11-24)20-25-14-15-27(34)28(35)18-25/h5-15,18,21,31H,16-17,19-20H2,1-4H3. The summed E-state index contributed by atoms with van der Waals surface area (Å²) in [5, 5.41) is 12.9. The average Bonchev–Trinajstić information content (AvgIpc) is 2.98. The lowest BCUT2D eigenvalue weighted by Crippen LogP contribution is -2.44. The van der Waals surface area contributed by atoms with Crippen LogP contribution in [0.15, 0.2) is 89.1 Å². The van der Waals surface area contributed by atoms with E-state index in [1.807, 2.05) is 36.4 Å². The number of rotatable bonds is 11. The number of nitrogens with zero attached hydrogens (tertiary/aromatic N) is 4. The number of carbonyl (C=O) groups excluding carboxylic acids is 2. The maximum Gasteiger partial charge on any atom is 0.416 e. The molecule has 0 radical (unpaired) electrons. The van der Waals surface area contributed by atoms with E-state index >= 15 is 0 Å². The predicted molar refractivity (Wildman–Crippen MR) is 173 cm³/mol. The second-order valence-corrected chi connectivity index (χ2v) is 11.6. The van der Waals surface area contributed by atoms with E-state index in [9.17, 15) is 19.7 Å². The Kier molecular flexibility index (Phi) is 11.3. The molecule has 0 fully saturated rings. The van der Waals surface area contributed by atoms with E-state index in [-0.39, 0.29) is 29.3 Å². The lowest BCUT2D eigenvalue weighted by molar-refractivity contribution is -0.385. The van der Waals surface area contributed by atoms with Crippen molar-refractivity contribution in [2.24, 2.45) is 4.99 Å². The van der Waals surface area contributed by atoms with Gasteiger partial charge < -0.3 is 9.47 Å². The Morgan fingerprint density at radius 2 is 1.64 bits per heavy atom. The highest BCUT2D eigenvalue weighted by Gasteiger charge is 2.42. The second-order valence-electron chi connectivity index (χ2n) is 10.8. The minimum Gasteiger partial charge on any atom is -0.459 e. The van der Waals surface area contributed by atoms with Gasteiger partial charge in [-0.1, -0.05) is 71.7 Å². The number of hydrogen-bond acceptors (Lipinski definition) is 8. The Bertz CT molecular complexity index is 1630. The van der Waals surface area contributed by atoms with Crippen LogP contribution in [0.4, 0.5) is 10.5 Å². The lowest BCUT2D eigenvalue weighted by Gasteiger charge is -2.35. The van der Waals surface area contributed by atoms with Crippen LogP contribution in [0.3, 0.4) is 0 Å². The molecule has 0 aliphatic carbocycles. The molecule has 0 N–H and O–H groups in total. The molecule has 3 aromatic rings. The molecule has 0 saturated carbocycles. The molecule has 10 nitrogen and oxygen atoms in total. The van der Waals surface area contributed by atoms with Crippen LogP contribution >= 0.6 is 23.2 Å². The first-order valence-corrected chi connectivity index (χ1v) is 15.1. The zero-order valence-corrected chi connectivity index (χ0v) is 26.9. The molecular weight excluding hydrogens is 619 g/mol. The van der Waals surface area contributed by atoms with E-state index in [4.69, 9.17) is 32.7 Å². The summed E-state index contributed by atoms with van der Waals surface area (Å²) >= 11 is 12.4. The molecule has 1 atom stereocenters. The van der Waals surface area contributed by atoms with Crippen LogP contribution < -0.4 is 0 Å². The summed E-state index contributed by atoms with van der Waals surface area (Å²) in [6.45, 7) is 7.96. The summed E-state index contributed by atoms with van der Waals surface area (Å²) < 4.78 is 11.2. The van der Waals surface area contributed by atoms with E-state index < -0.39 is 29.1 Å². The minimum atomic E-state index is -1.19. The van der Waals surface area contributed by atoms with E-state index in [0.717, 1.165) is 11.1 Å². The van der Waals surface area contributed by atoms with Crippen molar-refractivity contribution in [2.45, 2.75) is 52.9 Å². The number of para-hydroxylation sites is 1. The third kappa shape index (κ3) is 8.48. The van der Waals surface area contributed by atoms with E-state index in [1.165, 1.54) is 23.1 Å². The third-order valence-corrected chi connectivity index (χ3v) is 7.80. The Labute approximate surface area is 272 Å². The van der Waals surface area contributed by atoms with Crippen molar-refractivity contribution in [3.8, 4) is 0 Å². The molecular formula is C33H34Cl2N4O6. The van der Waals surface area contributed by atoms with Gasteiger partial charge in [0.05, 0.1) is 37.9 Å². The van der Waals surface area contributed by atoms with Crippen LogP contribution in [0.25, 0.3) is 0 Å². The average molecular weight is 654 g/mol. The first-order valence-electron chi connectivity index (χ1n) is 14.3. The number of hydrogen-bond donors (Lipinski definition) is 0. The first kappa shape index (κ1) is 33.6. The smallest absolute Gasteiger partial charge is 0.416 e. The molecule has 1 amide bonds. The molecule has 12 heteroatoms. The number of benzene rings is 3. The van der Waals surface area contributed by atoms with E-state index in [1.54, 1.807) is 45.9 Å². The summed E-state index contributed by atoms with van der Waals surface area (Å²) in [5.41, 5.74) is 2.18. The second kappa shape index (κ2) is 15.2. The zero-order chi connectivity index (χ0) is 32.7. The van der Waals surface area contributed by atoms with Gasteiger partial charge in [0.2, 0.25) is 0 Å². The summed E-state index contributed by atoms with van der Waals surface area (Å²) in [5.74, 6) is -0.506. The van der Waals surface area contributed by atoms with Crippen LogP contribution in [0.1, 0.15) is 50.4 Å². The van der Waals surface area contributed by atoms with Crippen molar-refractivity contribution in [3.63, 3.8) is 0 Å². The summed E-state index contributed by atoms with van der Waals surface area (Å²) in [6.07, 6.45) is -1.28. The number of nitro groups is 1. The van der Waals surface area contributed by atoms with Crippen molar-refractivity contribution < 1.29 is 24.0 Å². The van der Waals surface area contributed by atoms with Gasteiger partial charge in [-0.15, -0.1) is 0 Å². The molecule has 1 aliphatic rings. The van der Waals surface area contributed by atoms with Gasteiger partial charge in [-0.2, -0.15) is 0 Å². The van der Waals surface area contributed by atoms with Crippen LogP contribution in [-0.2, 0) is 27.4 Å². The largest absolute Gasteiger partial charge is 0.459 e. The Hall–Kier alpha value is -4.25. The highest BCUT2D eigenvalue weighted by Crippen LogP contribution is 2.40. The van der Waals surface area contributed by atoms with Gasteiger partial charge in [-0.3, -0.25) is 19.9 Å². The van der Waals surface area contributed by atoms with Gasteiger partial charge >= 0.3 is 12.1 Å². The van der Waals surface area contributed by atoms with Gasteiger partial charge in [0.15, 0.2) is 0 Å². The number of esters is 1. The molecule has 1 aliphatic heterocycles. The van der Waals surface area contributed by atoms with Crippen LogP contribution in [0, 0.1) is 10.1 Å². The van der Waals surface area contributed by atoms with Gasteiger partial charge in [0, 0.05) is 25.7 Å². The molecule has 1 unspecified atom stereocenters. The quantitative estimate of drug-likeness (QED) is 0.118. The normalized spacial score (nSPS) is 14.9. The van der Waals surface area contributed by atoms with Crippen LogP contribution in [-0.4, -0.2) is 51.9 Å². The molecule has 0 spiro atoms. The number of carbonyl (C=O) groups is 2. The molecule has 236 valence electrons. The molecule has 45 heavy (non-hydrogen) atoms. The summed E-state index contributed by atoms with van der Waals surface area (Å²) in [6, 6.07) is 20.0. The number of halogens is 2. The van der Waals surface area contributed by atoms with Crippen molar-refractivity contribution in [1.29, 1.82) is 0 Å². The van der Waals surface area contributed by atoms with E-state index in [2.05, 4.69) is 9.89 Å². The number of nitro benzene ring substituents is 1. The number of aliphatic imine (C=N–C) groups is 1. The Balaban J connectivity index is 1.61. The van der Waals surface area contributed by atoms with Crippen LogP contribution in [0.2, 0.25) is 10.0 Å². The van der Waals surface area contributed by atoms with Gasteiger partial charge in [-0.05, 0) is 57.0 Å². The lowest BCUT2D eigenvalue weighted by atomic mass is 9.92. The minimum absolute atomic E-state index is 0.0190. The number of amidine groups is 1. The molecule has 0 aromatic heterocycles. The highest BCUT2D eigenvalue weighted by molar-refractivity contribution is 6.42. The van der Waals surface area contributed by atoms with Crippen LogP contribution in [0.5, 0.6) is 0 Å². The third-order valence-electron chi connectivity index (χ3n) is 7.06. The number of amides is 1. The fraction of sp³-hybridized carbons (Fsp3) is 0.303. The Morgan fingerprint density at radius 3 is 2.31 bits per heavy atom. The van der Waals surface area contributed by atoms with Gasteiger partial charge in [-0.25, -0.2) is 14.6 Å². The van der Waals surface area contributed by atoms with Crippen molar-refractivity contribution in [2.75, 3.05) is 13.2 Å². The maximum absolute atomic E-state index is 13.8. The van der Waals surface area contributed by atoms with Crippen molar-refractivity contribution in [3.05, 3.63) is 121 Å². The molecule has 1 heterocycles. The fourth-order valence-electron chi connectivity index (χ4n) is 5.11. The molecule has 3 aromatic carbocycles. The maximum atomic E-state index is 13.8. The zero-order valence-electron chi connectivity index (χ0n) is 25.4. The SMILES string of the molecule is CC1=NC(C)=C(C(=O)OC(C)C)C(c2ccccc2[N+](=O)[O-])N1C(=O)OCCN(Cc1ccccc1)Cc1ccc(Cl)c(Cl)c1. The molecule has 0 saturated heterocycles. The fourth-order valence-corrected chi connectivity index (χ4v) is 5.43. The van der Waals surface area contributed by atoms with Crippen molar-refractivity contribution >= 4 is 46.8 Å². The predicted octanol–water partition coefficient (Wildman–Crippen LogP) is 7.74. The van der Waals surface area contributed by atoms with Gasteiger partial charge in [0.1, 0.15) is 18.5 Å². The topological polar surface area (TPSA) is 115 Å².